The van der Waals surface area contributed by atoms with Gasteiger partial charge in [0.15, 0.2) is 5.43 Å². The Labute approximate surface area is 128 Å². The second-order valence-corrected chi connectivity index (χ2v) is 7.15. The van der Waals surface area contributed by atoms with Crippen LogP contribution in [0.1, 0.15) is 0 Å². The lowest BCUT2D eigenvalue weighted by atomic mass is 10.1. The Bertz CT molecular complexity index is 1010. The molecule has 4 rings (SSSR count). The molecule has 0 amide bonds. The van der Waals surface area contributed by atoms with Gasteiger partial charge in [-0.25, -0.2) is 0 Å². The lowest BCUT2D eigenvalue weighted by molar-refractivity contribution is 0.475. The van der Waals surface area contributed by atoms with Gasteiger partial charge in [-0.15, -0.1) is 22.7 Å². The van der Waals surface area contributed by atoms with Crippen LogP contribution in [0.25, 0.3) is 29.9 Å². The van der Waals surface area contributed by atoms with E-state index >= 15 is 0 Å². The zero-order valence-electron chi connectivity index (χ0n) is 10.9. The molecule has 2 heterocycles. The first-order chi connectivity index (χ1) is 10.2. The number of rotatable bonds is 1. The molecule has 0 fully saturated rings. The molecule has 0 aliphatic heterocycles. The van der Waals surface area contributed by atoms with Gasteiger partial charge < -0.3 is 5.11 Å². The highest BCUT2D eigenvalue weighted by Gasteiger charge is 2.11. The summed E-state index contributed by atoms with van der Waals surface area (Å²) in [5, 5.41) is 11.2. The van der Waals surface area contributed by atoms with Crippen LogP contribution in [0.4, 0.5) is 0 Å². The van der Waals surface area contributed by atoms with Crippen molar-refractivity contribution in [2.45, 2.75) is 0 Å². The number of hydrogen-bond acceptors (Lipinski definition) is 4. The first-order valence-corrected chi connectivity index (χ1v) is 8.10. The smallest absolute Gasteiger partial charge is 0.190 e. The van der Waals surface area contributed by atoms with Gasteiger partial charge in [0.25, 0.3) is 0 Å². The van der Waals surface area contributed by atoms with Gasteiger partial charge in [0.05, 0.1) is 9.40 Å². The summed E-state index contributed by atoms with van der Waals surface area (Å²) in [5.41, 5.74) is 1.01. The molecule has 0 saturated heterocycles. The van der Waals surface area contributed by atoms with Crippen LogP contribution in [0.5, 0.6) is 5.75 Å². The van der Waals surface area contributed by atoms with E-state index < -0.39 is 0 Å². The summed E-state index contributed by atoms with van der Waals surface area (Å²) in [6, 6.07) is 16.6. The quantitative estimate of drug-likeness (QED) is 0.546. The maximum atomic E-state index is 12.5. The number of hydrogen-bond donors (Lipinski definition) is 1. The Morgan fingerprint density at radius 2 is 1.67 bits per heavy atom. The number of thiophene rings is 1. The van der Waals surface area contributed by atoms with Crippen LogP contribution in [0.15, 0.2) is 59.4 Å². The molecule has 0 aliphatic carbocycles. The van der Waals surface area contributed by atoms with Crippen LogP contribution in [0, 0.1) is 0 Å². The minimum absolute atomic E-state index is 0.0595. The van der Waals surface area contributed by atoms with E-state index in [4.69, 9.17) is 0 Å². The van der Waals surface area contributed by atoms with Crippen molar-refractivity contribution in [1.82, 2.24) is 0 Å². The SMILES string of the molecule is O=c1cc(-c2ccc(O)cc2)sc2sc3ccccc3c12. The average molecular weight is 310 g/mol. The van der Waals surface area contributed by atoms with E-state index in [1.54, 1.807) is 40.9 Å². The fraction of sp³-hybridized carbons (Fsp3) is 0. The predicted octanol–water partition coefficient (Wildman–Crippen LogP) is 4.85. The molecular formula is C17H10O2S2. The Hall–Kier alpha value is -2.17. The van der Waals surface area contributed by atoms with E-state index in [1.165, 1.54) is 0 Å². The lowest BCUT2D eigenvalue weighted by Gasteiger charge is -2.00. The maximum Gasteiger partial charge on any atom is 0.190 e. The minimum Gasteiger partial charge on any atom is -0.508 e. The van der Waals surface area contributed by atoms with Crippen molar-refractivity contribution in [1.29, 1.82) is 0 Å². The van der Waals surface area contributed by atoms with E-state index in [1.807, 2.05) is 36.4 Å². The van der Waals surface area contributed by atoms with Crippen LogP contribution in [-0.4, -0.2) is 5.11 Å². The van der Waals surface area contributed by atoms with E-state index in [0.717, 1.165) is 29.9 Å². The van der Waals surface area contributed by atoms with Gasteiger partial charge in [0.1, 0.15) is 5.75 Å². The van der Waals surface area contributed by atoms with Crippen LogP contribution in [0.2, 0.25) is 0 Å². The van der Waals surface area contributed by atoms with Gasteiger partial charge in [-0.2, -0.15) is 0 Å². The van der Waals surface area contributed by atoms with Crippen molar-refractivity contribution in [2.24, 2.45) is 0 Å². The largest absolute Gasteiger partial charge is 0.508 e. The number of phenols is 1. The van der Waals surface area contributed by atoms with Gasteiger partial charge in [0.2, 0.25) is 0 Å². The number of aromatic hydroxyl groups is 1. The standard InChI is InChI=1S/C17H10O2S2/c18-11-7-5-10(6-8-11)15-9-13(19)16-12-3-1-2-4-14(12)20-17(16)21-15/h1-9,18H. The number of benzene rings is 2. The molecule has 102 valence electrons. The predicted molar refractivity (Wildman–Crippen MR) is 90.6 cm³/mol. The van der Waals surface area contributed by atoms with E-state index in [9.17, 15) is 9.90 Å². The van der Waals surface area contributed by atoms with Crippen LogP contribution in [-0.2, 0) is 0 Å². The topological polar surface area (TPSA) is 37.3 Å². The van der Waals surface area contributed by atoms with Crippen LogP contribution < -0.4 is 5.43 Å². The van der Waals surface area contributed by atoms with E-state index in [-0.39, 0.29) is 11.2 Å². The third-order valence-electron chi connectivity index (χ3n) is 3.43. The molecule has 2 aromatic heterocycles. The fourth-order valence-corrected chi connectivity index (χ4v) is 4.99. The molecule has 21 heavy (non-hydrogen) atoms. The summed E-state index contributed by atoms with van der Waals surface area (Å²) in [4.78, 5) is 13.4. The molecule has 0 spiro atoms. The highest BCUT2D eigenvalue weighted by molar-refractivity contribution is 7.42. The highest BCUT2D eigenvalue weighted by atomic mass is 32.2. The van der Waals surface area contributed by atoms with Gasteiger partial charge in [-0.05, 0) is 35.9 Å². The Balaban J connectivity index is 2.03. The molecular weight excluding hydrogens is 300 g/mol. The van der Waals surface area contributed by atoms with Crippen LogP contribution in [0.3, 0.4) is 0 Å². The second-order valence-electron chi connectivity index (χ2n) is 4.78. The van der Waals surface area contributed by atoms with Crippen LogP contribution >= 0.6 is 22.7 Å². The van der Waals surface area contributed by atoms with Crippen molar-refractivity contribution in [3.05, 3.63) is 64.8 Å². The van der Waals surface area contributed by atoms with Gasteiger partial charge in [-0.1, -0.05) is 18.2 Å². The van der Waals surface area contributed by atoms with Crippen molar-refractivity contribution < 1.29 is 5.11 Å². The monoisotopic (exact) mass is 310 g/mol. The maximum absolute atomic E-state index is 12.5. The summed E-state index contributed by atoms with van der Waals surface area (Å²) in [6.45, 7) is 0. The number of phenolic OH excluding ortho intramolecular Hbond substituents is 1. The number of fused-ring (bicyclic) bond motifs is 3. The summed E-state index contributed by atoms with van der Waals surface area (Å²) in [7, 11) is 0. The summed E-state index contributed by atoms with van der Waals surface area (Å²) in [5.74, 6) is 0.231. The molecule has 0 unspecified atom stereocenters. The minimum atomic E-state index is 0.0595. The first kappa shape index (κ1) is 12.6. The zero-order chi connectivity index (χ0) is 14.4. The summed E-state index contributed by atoms with van der Waals surface area (Å²) < 4.78 is 2.19. The normalized spacial score (nSPS) is 11.2. The molecule has 2 aromatic carbocycles. The Morgan fingerprint density at radius 3 is 2.48 bits per heavy atom. The molecule has 0 atom stereocenters. The van der Waals surface area contributed by atoms with Crippen molar-refractivity contribution >= 4 is 42.2 Å². The van der Waals surface area contributed by atoms with Crippen molar-refractivity contribution in [3.63, 3.8) is 0 Å². The summed E-state index contributed by atoms with van der Waals surface area (Å²) >= 11 is 3.28. The molecule has 2 nitrogen and oxygen atoms in total. The molecule has 0 aliphatic rings. The Kier molecular flexibility index (Phi) is 2.80. The molecule has 1 N–H and O–H groups in total. The second kappa shape index (κ2) is 4.69. The molecule has 4 aromatic rings. The molecule has 0 radical (unpaired) electrons. The summed E-state index contributed by atoms with van der Waals surface area (Å²) in [6.07, 6.45) is 0. The first-order valence-electron chi connectivity index (χ1n) is 6.47. The fourth-order valence-electron chi connectivity index (χ4n) is 2.42. The van der Waals surface area contributed by atoms with E-state index in [0.29, 0.717) is 0 Å². The van der Waals surface area contributed by atoms with Gasteiger partial charge in [0, 0.05) is 21.0 Å². The molecule has 0 bridgehead atoms. The third kappa shape index (κ3) is 2.04. The average Bonchev–Trinajstić information content (AvgIpc) is 2.86. The molecule has 0 saturated carbocycles. The highest BCUT2D eigenvalue weighted by Crippen LogP contribution is 2.37. The zero-order valence-corrected chi connectivity index (χ0v) is 12.5. The molecule has 4 heteroatoms. The lowest BCUT2D eigenvalue weighted by Crippen LogP contribution is -1.97. The van der Waals surface area contributed by atoms with Crippen molar-refractivity contribution in [3.8, 4) is 16.2 Å². The van der Waals surface area contributed by atoms with Gasteiger partial charge >= 0.3 is 0 Å². The van der Waals surface area contributed by atoms with Gasteiger partial charge in [-0.3, -0.25) is 4.79 Å². The third-order valence-corrected chi connectivity index (χ3v) is 5.85. The van der Waals surface area contributed by atoms with E-state index in [2.05, 4.69) is 0 Å². The Morgan fingerprint density at radius 1 is 0.905 bits per heavy atom. The van der Waals surface area contributed by atoms with Crippen molar-refractivity contribution in [2.75, 3.05) is 0 Å².